The summed E-state index contributed by atoms with van der Waals surface area (Å²) in [5.41, 5.74) is 0.756. The van der Waals surface area contributed by atoms with Gasteiger partial charge in [-0.25, -0.2) is 0 Å². The molecule has 1 aromatic rings. The maximum atomic E-state index is 10.5. The van der Waals surface area contributed by atoms with Gasteiger partial charge in [0.15, 0.2) is 0 Å². The lowest BCUT2D eigenvalue weighted by molar-refractivity contribution is -0.136. The first-order chi connectivity index (χ1) is 9.61. The summed E-state index contributed by atoms with van der Waals surface area (Å²) in [6.07, 6.45) is 0.0784. The Kier molecular flexibility index (Phi) is 7.69. The van der Waals surface area contributed by atoms with Gasteiger partial charge in [-0.15, -0.1) is 0 Å². The summed E-state index contributed by atoms with van der Waals surface area (Å²) in [5.74, 6) is -0.129. The van der Waals surface area contributed by atoms with Crippen molar-refractivity contribution in [2.45, 2.75) is 26.4 Å². The smallest absolute Gasteiger partial charge is 0.307 e. The summed E-state index contributed by atoms with van der Waals surface area (Å²) in [5, 5.41) is 8.67. The van der Waals surface area contributed by atoms with Gasteiger partial charge in [0, 0.05) is 6.61 Å². The second kappa shape index (κ2) is 9.34. The molecule has 1 aromatic carbocycles. The molecule has 0 saturated heterocycles. The van der Waals surface area contributed by atoms with Crippen molar-refractivity contribution in [3.63, 3.8) is 0 Å². The van der Waals surface area contributed by atoms with E-state index in [-0.39, 0.29) is 12.5 Å². The van der Waals surface area contributed by atoms with Crippen LogP contribution in [0.3, 0.4) is 0 Å². The Morgan fingerprint density at radius 2 is 1.95 bits per heavy atom. The van der Waals surface area contributed by atoms with Crippen molar-refractivity contribution in [3.05, 3.63) is 29.8 Å². The highest BCUT2D eigenvalue weighted by Crippen LogP contribution is 2.12. The third kappa shape index (κ3) is 7.11. The number of hydrogen-bond donors (Lipinski definition) is 1. The van der Waals surface area contributed by atoms with Gasteiger partial charge in [0.1, 0.15) is 12.4 Å². The summed E-state index contributed by atoms with van der Waals surface area (Å²) in [4.78, 5) is 10.5. The highest BCUT2D eigenvalue weighted by Gasteiger charge is 2.03. The van der Waals surface area contributed by atoms with Crippen molar-refractivity contribution < 1.29 is 24.1 Å². The number of carboxylic acid groups (broad SMARTS) is 1. The van der Waals surface area contributed by atoms with Crippen LogP contribution >= 0.6 is 0 Å². The Hall–Kier alpha value is -1.59. The van der Waals surface area contributed by atoms with E-state index in [0.717, 1.165) is 5.56 Å². The van der Waals surface area contributed by atoms with Gasteiger partial charge in [0.25, 0.3) is 0 Å². The Labute approximate surface area is 119 Å². The Morgan fingerprint density at radius 3 is 2.55 bits per heavy atom. The topological polar surface area (TPSA) is 65.0 Å². The van der Waals surface area contributed by atoms with Gasteiger partial charge >= 0.3 is 5.97 Å². The monoisotopic (exact) mass is 282 g/mol. The molecule has 0 heterocycles. The SMILES string of the molecule is CCOCC(C)OCCOc1ccc(CC(=O)O)cc1. The lowest BCUT2D eigenvalue weighted by Gasteiger charge is -2.13. The quantitative estimate of drug-likeness (QED) is 0.666. The lowest BCUT2D eigenvalue weighted by Crippen LogP contribution is -2.19. The van der Waals surface area contributed by atoms with Crippen LogP contribution in [0.25, 0.3) is 0 Å². The number of benzene rings is 1. The van der Waals surface area contributed by atoms with Gasteiger partial charge < -0.3 is 19.3 Å². The highest BCUT2D eigenvalue weighted by atomic mass is 16.5. The first kappa shape index (κ1) is 16.5. The molecular formula is C15H22O5. The van der Waals surface area contributed by atoms with Crippen LogP contribution in [0, 0.1) is 0 Å². The fourth-order valence-corrected chi connectivity index (χ4v) is 1.62. The van der Waals surface area contributed by atoms with Crippen molar-refractivity contribution in [1.29, 1.82) is 0 Å². The van der Waals surface area contributed by atoms with Crippen LogP contribution in [0.4, 0.5) is 0 Å². The standard InChI is InChI=1S/C15H22O5/c1-3-18-11-12(2)19-8-9-20-14-6-4-13(5-7-14)10-15(16)17/h4-7,12H,3,8-11H2,1-2H3,(H,16,17). The van der Waals surface area contributed by atoms with Crippen LogP contribution in [-0.4, -0.2) is 43.6 Å². The van der Waals surface area contributed by atoms with Crippen LogP contribution in [0.2, 0.25) is 0 Å². The maximum absolute atomic E-state index is 10.5. The zero-order chi connectivity index (χ0) is 14.8. The molecule has 0 aromatic heterocycles. The van der Waals surface area contributed by atoms with Gasteiger partial charge in [0.2, 0.25) is 0 Å². The summed E-state index contributed by atoms with van der Waals surface area (Å²) in [7, 11) is 0. The van der Waals surface area contributed by atoms with E-state index < -0.39 is 5.97 Å². The van der Waals surface area contributed by atoms with E-state index in [0.29, 0.717) is 32.2 Å². The van der Waals surface area contributed by atoms with Crippen molar-refractivity contribution in [1.82, 2.24) is 0 Å². The minimum Gasteiger partial charge on any atom is -0.491 e. The Balaban J connectivity index is 2.20. The highest BCUT2D eigenvalue weighted by molar-refractivity contribution is 5.70. The summed E-state index contributed by atoms with van der Waals surface area (Å²) in [6.45, 7) is 6.12. The Morgan fingerprint density at radius 1 is 1.25 bits per heavy atom. The largest absolute Gasteiger partial charge is 0.491 e. The van der Waals surface area contributed by atoms with Crippen LogP contribution in [0.15, 0.2) is 24.3 Å². The molecule has 20 heavy (non-hydrogen) atoms. The van der Waals surface area contributed by atoms with Gasteiger partial charge in [-0.05, 0) is 31.5 Å². The fourth-order valence-electron chi connectivity index (χ4n) is 1.62. The molecular weight excluding hydrogens is 260 g/mol. The summed E-state index contributed by atoms with van der Waals surface area (Å²) >= 11 is 0. The van der Waals surface area contributed by atoms with E-state index >= 15 is 0 Å². The molecule has 5 nitrogen and oxygen atoms in total. The number of ether oxygens (including phenoxy) is 3. The number of rotatable bonds is 10. The molecule has 0 fully saturated rings. The minimum absolute atomic E-state index is 0.0261. The minimum atomic E-state index is -0.838. The molecule has 0 aliphatic rings. The van der Waals surface area contributed by atoms with Crippen LogP contribution in [0.5, 0.6) is 5.75 Å². The van der Waals surface area contributed by atoms with E-state index in [2.05, 4.69) is 0 Å². The first-order valence-corrected chi connectivity index (χ1v) is 6.74. The lowest BCUT2D eigenvalue weighted by atomic mass is 10.1. The van der Waals surface area contributed by atoms with E-state index in [4.69, 9.17) is 19.3 Å². The first-order valence-electron chi connectivity index (χ1n) is 6.74. The van der Waals surface area contributed by atoms with Crippen molar-refractivity contribution in [3.8, 4) is 5.75 Å². The average Bonchev–Trinajstić information content (AvgIpc) is 2.42. The van der Waals surface area contributed by atoms with E-state index in [1.807, 2.05) is 13.8 Å². The second-order valence-corrected chi connectivity index (χ2v) is 4.40. The normalized spacial score (nSPS) is 12.1. The number of carbonyl (C=O) groups is 1. The summed E-state index contributed by atoms with van der Waals surface area (Å²) < 4.78 is 16.3. The second-order valence-electron chi connectivity index (χ2n) is 4.40. The van der Waals surface area contributed by atoms with E-state index in [9.17, 15) is 4.79 Å². The zero-order valence-corrected chi connectivity index (χ0v) is 12.0. The summed E-state index contributed by atoms with van der Waals surface area (Å²) in [6, 6.07) is 7.04. The molecule has 0 saturated carbocycles. The number of carboxylic acids is 1. The van der Waals surface area contributed by atoms with Gasteiger partial charge in [-0.3, -0.25) is 4.79 Å². The third-order valence-electron chi connectivity index (χ3n) is 2.59. The van der Waals surface area contributed by atoms with Crippen molar-refractivity contribution in [2.24, 2.45) is 0 Å². The molecule has 0 spiro atoms. The van der Waals surface area contributed by atoms with Gasteiger partial charge in [-0.1, -0.05) is 12.1 Å². The van der Waals surface area contributed by atoms with Crippen LogP contribution in [-0.2, 0) is 20.7 Å². The molecule has 0 aliphatic heterocycles. The Bertz CT molecular complexity index is 388. The fraction of sp³-hybridized carbons (Fsp3) is 0.533. The number of aliphatic carboxylic acids is 1. The molecule has 0 amide bonds. The van der Waals surface area contributed by atoms with Crippen molar-refractivity contribution >= 4 is 5.97 Å². The third-order valence-corrected chi connectivity index (χ3v) is 2.59. The molecule has 1 atom stereocenters. The van der Waals surface area contributed by atoms with Crippen molar-refractivity contribution in [2.75, 3.05) is 26.4 Å². The van der Waals surface area contributed by atoms with Gasteiger partial charge in [0.05, 0.1) is 25.7 Å². The van der Waals surface area contributed by atoms with Crippen LogP contribution in [0.1, 0.15) is 19.4 Å². The number of hydrogen-bond acceptors (Lipinski definition) is 4. The predicted octanol–water partition coefficient (Wildman–Crippen LogP) is 2.13. The molecule has 1 unspecified atom stereocenters. The molecule has 1 N–H and O–H groups in total. The molecule has 112 valence electrons. The maximum Gasteiger partial charge on any atom is 0.307 e. The van der Waals surface area contributed by atoms with Gasteiger partial charge in [-0.2, -0.15) is 0 Å². The van der Waals surface area contributed by atoms with Crippen LogP contribution < -0.4 is 4.74 Å². The predicted molar refractivity (Wildman–Crippen MR) is 75.2 cm³/mol. The zero-order valence-electron chi connectivity index (χ0n) is 12.0. The molecule has 5 heteroatoms. The molecule has 0 bridgehead atoms. The molecule has 0 radical (unpaired) electrons. The molecule has 1 rings (SSSR count). The average molecular weight is 282 g/mol. The molecule has 0 aliphatic carbocycles. The van der Waals surface area contributed by atoms with E-state index in [1.165, 1.54) is 0 Å². The van der Waals surface area contributed by atoms with E-state index in [1.54, 1.807) is 24.3 Å².